The van der Waals surface area contributed by atoms with E-state index in [0.29, 0.717) is 5.56 Å². The number of aromatic nitrogens is 2. The molecule has 2 N–H and O–H groups in total. The van der Waals surface area contributed by atoms with Crippen LogP contribution in [0.3, 0.4) is 0 Å². The lowest BCUT2D eigenvalue weighted by Gasteiger charge is -2.26. The molecule has 1 aliphatic carbocycles. The van der Waals surface area contributed by atoms with E-state index >= 15 is 8.78 Å². The number of fused-ring (bicyclic) bond motifs is 1. The van der Waals surface area contributed by atoms with Crippen molar-refractivity contribution in [1.29, 1.82) is 0 Å². The lowest BCUT2D eigenvalue weighted by atomic mass is 9.94. The molecule has 2 aliphatic rings. The fraction of sp³-hybridized carbons (Fsp3) is 0.417. The van der Waals surface area contributed by atoms with Gasteiger partial charge in [0, 0.05) is 30.6 Å². The van der Waals surface area contributed by atoms with Gasteiger partial charge in [0.25, 0.3) is 5.56 Å². The molecule has 2 heterocycles. The first-order valence-corrected chi connectivity index (χ1v) is 11.1. The summed E-state index contributed by atoms with van der Waals surface area (Å²) in [6.07, 6.45) is -1.27. The van der Waals surface area contributed by atoms with E-state index in [1.165, 1.54) is 47.8 Å². The van der Waals surface area contributed by atoms with Gasteiger partial charge in [-0.2, -0.15) is 0 Å². The lowest BCUT2D eigenvalue weighted by Crippen LogP contribution is -2.32. The van der Waals surface area contributed by atoms with Crippen LogP contribution in [0.25, 0.3) is 10.9 Å². The maximum atomic E-state index is 15.7. The van der Waals surface area contributed by atoms with E-state index < -0.39 is 41.1 Å². The number of nitrogens with one attached hydrogen (secondary N) is 1. The van der Waals surface area contributed by atoms with Crippen LogP contribution >= 0.6 is 0 Å². The van der Waals surface area contributed by atoms with Gasteiger partial charge in [-0.05, 0) is 37.5 Å². The van der Waals surface area contributed by atoms with E-state index in [9.17, 15) is 19.1 Å². The molecule has 34 heavy (non-hydrogen) atoms. The zero-order chi connectivity index (χ0) is 24.3. The second-order valence-corrected chi connectivity index (χ2v) is 8.99. The van der Waals surface area contributed by atoms with Crippen LogP contribution in [0.2, 0.25) is 0 Å². The molecule has 0 spiro atoms. The number of halogens is 3. The van der Waals surface area contributed by atoms with Crippen LogP contribution < -0.4 is 20.9 Å². The van der Waals surface area contributed by atoms with E-state index in [2.05, 4.69) is 4.98 Å². The number of ether oxygens (including phenoxy) is 1. The molecule has 1 aliphatic heterocycles. The number of rotatable bonds is 5. The fourth-order valence-corrected chi connectivity index (χ4v) is 4.95. The van der Waals surface area contributed by atoms with Gasteiger partial charge in [-0.15, -0.1) is 0 Å². The molecule has 180 valence electrons. The number of aliphatic hydroxyl groups is 1. The number of hydrogen-bond donors (Lipinski definition) is 2. The van der Waals surface area contributed by atoms with Crippen molar-refractivity contribution in [1.82, 2.24) is 9.55 Å². The summed E-state index contributed by atoms with van der Waals surface area (Å²) in [5.74, 6) is -2.15. The Morgan fingerprint density at radius 1 is 1.15 bits per heavy atom. The van der Waals surface area contributed by atoms with Gasteiger partial charge in [-0.3, -0.25) is 14.3 Å². The van der Waals surface area contributed by atoms with Crippen molar-refractivity contribution >= 4 is 16.6 Å². The molecule has 1 saturated carbocycles. The minimum absolute atomic E-state index is 0.0164. The second kappa shape index (κ2) is 8.19. The van der Waals surface area contributed by atoms with E-state index in [-0.39, 0.29) is 47.0 Å². The smallest absolute Gasteiger partial charge is 0.329 e. The molecule has 2 aromatic carbocycles. The van der Waals surface area contributed by atoms with Crippen LogP contribution in [-0.2, 0) is 0 Å². The topological polar surface area (TPSA) is 87.6 Å². The predicted molar refractivity (Wildman–Crippen MR) is 120 cm³/mol. The molecule has 10 heteroatoms. The van der Waals surface area contributed by atoms with Gasteiger partial charge in [0.15, 0.2) is 11.6 Å². The standard InChI is InChI=1S/C24H24F3N3O4/c1-11-17-19(30(14-7-8-14)24(33)28-23(17)32)22(34-2)20(18(11)27)29-9-15(16(26)10-29)21(31)12-3-5-13(25)6-4-12/h3-6,14-16,21,31H,7-10H2,1-2H3,(H,28,32,33). The minimum atomic E-state index is -1.51. The largest absolute Gasteiger partial charge is 0.492 e. The van der Waals surface area contributed by atoms with Crippen molar-refractivity contribution in [3.63, 3.8) is 0 Å². The molecule has 0 amide bonds. The van der Waals surface area contributed by atoms with Crippen LogP contribution in [0, 0.1) is 24.5 Å². The normalized spacial score (nSPS) is 21.3. The average molecular weight is 475 g/mol. The highest BCUT2D eigenvalue weighted by molar-refractivity contribution is 5.93. The Hall–Kier alpha value is -3.27. The summed E-state index contributed by atoms with van der Waals surface area (Å²) in [5, 5.41) is 10.8. The van der Waals surface area contributed by atoms with Crippen LogP contribution in [0.1, 0.15) is 36.1 Å². The molecule has 3 unspecified atom stereocenters. The SMILES string of the molecule is COc1c(N2CC(F)C(C(O)c3ccc(F)cc3)C2)c(F)c(C)c2c(=O)[nH]c(=O)n(C3CC3)c12. The Labute approximate surface area is 192 Å². The monoisotopic (exact) mass is 475 g/mol. The van der Waals surface area contributed by atoms with Crippen LogP contribution in [0.5, 0.6) is 5.75 Å². The average Bonchev–Trinajstić information content (AvgIpc) is 3.56. The molecule has 5 rings (SSSR count). The van der Waals surface area contributed by atoms with E-state index in [1.807, 2.05) is 0 Å². The van der Waals surface area contributed by atoms with Crippen LogP contribution in [0.4, 0.5) is 18.9 Å². The van der Waals surface area contributed by atoms with Gasteiger partial charge in [0.1, 0.15) is 23.2 Å². The Bertz CT molecular complexity index is 1380. The number of nitrogens with zero attached hydrogens (tertiary/aromatic N) is 2. The van der Waals surface area contributed by atoms with Crippen LogP contribution in [-0.4, -0.2) is 41.0 Å². The number of alkyl halides is 1. The first-order chi connectivity index (χ1) is 16.2. The third-order valence-electron chi connectivity index (χ3n) is 6.83. The number of aryl methyl sites for hydroxylation is 1. The molecular formula is C24H24F3N3O4. The highest BCUT2D eigenvalue weighted by atomic mass is 19.1. The first kappa shape index (κ1) is 22.5. The Balaban J connectivity index is 1.64. The number of aliphatic hydroxyl groups excluding tert-OH is 1. The first-order valence-electron chi connectivity index (χ1n) is 11.1. The highest BCUT2D eigenvalue weighted by Gasteiger charge is 2.41. The van der Waals surface area contributed by atoms with Gasteiger partial charge in [0.2, 0.25) is 0 Å². The van der Waals surface area contributed by atoms with Crippen molar-refractivity contribution in [2.75, 3.05) is 25.1 Å². The Morgan fingerprint density at radius 3 is 2.44 bits per heavy atom. The predicted octanol–water partition coefficient (Wildman–Crippen LogP) is 3.13. The van der Waals surface area contributed by atoms with Crippen molar-refractivity contribution in [3.05, 3.63) is 67.9 Å². The third-order valence-corrected chi connectivity index (χ3v) is 6.83. The summed E-state index contributed by atoms with van der Waals surface area (Å²) in [4.78, 5) is 28.9. The summed E-state index contributed by atoms with van der Waals surface area (Å²) in [7, 11) is 1.31. The molecule has 1 aromatic heterocycles. The number of benzene rings is 2. The van der Waals surface area contributed by atoms with Crippen LogP contribution in [0.15, 0.2) is 33.9 Å². The molecule has 3 atom stereocenters. The van der Waals surface area contributed by atoms with Crippen molar-refractivity contribution in [2.24, 2.45) is 5.92 Å². The molecule has 1 saturated heterocycles. The fourth-order valence-electron chi connectivity index (χ4n) is 4.95. The van der Waals surface area contributed by atoms with Crippen molar-refractivity contribution < 1.29 is 23.0 Å². The number of anilines is 1. The second-order valence-electron chi connectivity index (χ2n) is 8.99. The summed E-state index contributed by atoms with van der Waals surface area (Å²) >= 11 is 0. The van der Waals surface area contributed by atoms with Gasteiger partial charge < -0.3 is 14.7 Å². The maximum Gasteiger partial charge on any atom is 0.329 e. The maximum absolute atomic E-state index is 15.7. The highest BCUT2D eigenvalue weighted by Crippen LogP contribution is 2.46. The molecule has 7 nitrogen and oxygen atoms in total. The van der Waals surface area contributed by atoms with Gasteiger partial charge in [-0.25, -0.2) is 18.0 Å². The molecular weight excluding hydrogens is 451 g/mol. The number of hydrogen-bond acceptors (Lipinski definition) is 5. The van der Waals surface area contributed by atoms with Gasteiger partial charge in [-0.1, -0.05) is 12.1 Å². The number of methoxy groups -OCH3 is 1. The molecule has 0 bridgehead atoms. The lowest BCUT2D eigenvalue weighted by molar-refractivity contribution is 0.0799. The third kappa shape index (κ3) is 3.48. The van der Waals surface area contributed by atoms with E-state index in [4.69, 9.17) is 4.74 Å². The number of aromatic amines is 1. The summed E-state index contributed by atoms with van der Waals surface area (Å²) in [6, 6.07) is 5.00. The van der Waals surface area contributed by atoms with Gasteiger partial charge >= 0.3 is 5.69 Å². The molecule has 0 radical (unpaired) electrons. The number of H-pyrrole nitrogens is 1. The zero-order valence-electron chi connectivity index (χ0n) is 18.6. The minimum Gasteiger partial charge on any atom is -0.492 e. The Kier molecular flexibility index (Phi) is 5.43. The van der Waals surface area contributed by atoms with E-state index in [0.717, 1.165) is 12.8 Å². The summed E-state index contributed by atoms with van der Waals surface area (Å²) in [6.45, 7) is 1.16. The zero-order valence-corrected chi connectivity index (χ0v) is 18.6. The Morgan fingerprint density at radius 2 is 1.82 bits per heavy atom. The van der Waals surface area contributed by atoms with Crippen molar-refractivity contribution in [3.8, 4) is 5.75 Å². The van der Waals surface area contributed by atoms with Crippen molar-refractivity contribution in [2.45, 2.75) is 38.1 Å². The van der Waals surface area contributed by atoms with Gasteiger partial charge in [0.05, 0.1) is 18.6 Å². The molecule has 2 fully saturated rings. The summed E-state index contributed by atoms with van der Waals surface area (Å²) in [5.41, 5.74) is -0.808. The quantitative estimate of drug-likeness (QED) is 0.592. The summed E-state index contributed by atoms with van der Waals surface area (Å²) < 4.78 is 51.0. The van der Waals surface area contributed by atoms with E-state index in [1.54, 1.807) is 0 Å². The molecule has 3 aromatic rings.